The fourth-order valence-electron chi connectivity index (χ4n) is 0.625. The van der Waals surface area contributed by atoms with E-state index in [0.717, 1.165) is 0 Å². The molecule has 0 fully saturated rings. The summed E-state index contributed by atoms with van der Waals surface area (Å²) in [5.74, 6) is 0. The molecule has 0 radical (unpaired) electrons. The lowest BCUT2D eigenvalue weighted by molar-refractivity contribution is -0.0260. The van der Waals surface area contributed by atoms with Gasteiger partial charge in [-0.05, 0) is 6.08 Å². The van der Waals surface area contributed by atoms with E-state index in [-0.39, 0.29) is 0 Å². The standard InChI is InChI=1S/C5H10N2O2/c1-7-3-2-4(8)6-5(7)9/h2-6,8-9H,1H3/t4-,5-/m0/s1. The first kappa shape index (κ1) is 6.54. The summed E-state index contributed by atoms with van der Waals surface area (Å²) in [5.41, 5.74) is 0. The number of aliphatic hydroxyl groups excluding tert-OH is 2. The maximum atomic E-state index is 8.95. The molecule has 0 aliphatic carbocycles. The fraction of sp³-hybridized carbons (Fsp3) is 0.600. The number of aliphatic hydroxyl groups is 2. The zero-order valence-electron chi connectivity index (χ0n) is 5.15. The highest BCUT2D eigenvalue weighted by atomic mass is 16.3. The van der Waals surface area contributed by atoms with Crippen LogP contribution in [0.15, 0.2) is 12.3 Å². The van der Waals surface area contributed by atoms with Gasteiger partial charge in [0, 0.05) is 13.2 Å². The third-order valence-corrected chi connectivity index (χ3v) is 1.21. The molecule has 52 valence electrons. The topological polar surface area (TPSA) is 55.7 Å². The summed E-state index contributed by atoms with van der Waals surface area (Å²) in [5, 5.41) is 20.2. The summed E-state index contributed by atoms with van der Waals surface area (Å²) in [4.78, 5) is 1.55. The predicted molar refractivity (Wildman–Crippen MR) is 32.1 cm³/mol. The van der Waals surface area contributed by atoms with E-state index in [0.29, 0.717) is 0 Å². The van der Waals surface area contributed by atoms with Crippen LogP contribution in [0.4, 0.5) is 0 Å². The van der Waals surface area contributed by atoms with E-state index in [1.807, 2.05) is 0 Å². The number of rotatable bonds is 0. The van der Waals surface area contributed by atoms with Gasteiger partial charge in [-0.3, -0.25) is 0 Å². The van der Waals surface area contributed by atoms with Crippen LogP contribution in [0.1, 0.15) is 0 Å². The van der Waals surface area contributed by atoms with E-state index < -0.39 is 12.6 Å². The lowest BCUT2D eigenvalue weighted by Crippen LogP contribution is -2.48. The van der Waals surface area contributed by atoms with Gasteiger partial charge in [0.15, 0.2) is 6.35 Å². The number of hydrogen-bond donors (Lipinski definition) is 3. The van der Waals surface area contributed by atoms with Gasteiger partial charge in [0.25, 0.3) is 0 Å². The Morgan fingerprint density at radius 1 is 1.56 bits per heavy atom. The van der Waals surface area contributed by atoms with Crippen LogP contribution in [-0.4, -0.2) is 34.7 Å². The van der Waals surface area contributed by atoms with Crippen LogP contribution in [-0.2, 0) is 0 Å². The van der Waals surface area contributed by atoms with Gasteiger partial charge in [-0.2, -0.15) is 0 Å². The molecule has 9 heavy (non-hydrogen) atoms. The molecule has 1 aliphatic rings. The van der Waals surface area contributed by atoms with Crippen LogP contribution in [0.5, 0.6) is 0 Å². The van der Waals surface area contributed by atoms with Crippen LogP contribution in [0, 0.1) is 0 Å². The molecule has 1 rings (SSSR count). The molecule has 0 aromatic rings. The van der Waals surface area contributed by atoms with Gasteiger partial charge in [0.1, 0.15) is 6.23 Å². The quantitative estimate of drug-likeness (QED) is 0.378. The smallest absolute Gasteiger partial charge is 0.185 e. The molecule has 1 heterocycles. The second-order valence-corrected chi connectivity index (χ2v) is 1.99. The van der Waals surface area contributed by atoms with Gasteiger partial charge in [-0.15, -0.1) is 0 Å². The molecule has 0 spiro atoms. The van der Waals surface area contributed by atoms with Crippen molar-refractivity contribution in [1.82, 2.24) is 10.2 Å². The Bertz CT molecular complexity index is 126. The van der Waals surface area contributed by atoms with Gasteiger partial charge in [-0.1, -0.05) is 0 Å². The van der Waals surface area contributed by atoms with Crippen molar-refractivity contribution in [2.75, 3.05) is 7.05 Å². The first-order chi connectivity index (χ1) is 4.20. The van der Waals surface area contributed by atoms with E-state index in [9.17, 15) is 0 Å². The molecule has 3 N–H and O–H groups in total. The molecule has 4 heteroatoms. The van der Waals surface area contributed by atoms with E-state index in [1.165, 1.54) is 0 Å². The number of hydrogen-bond acceptors (Lipinski definition) is 4. The van der Waals surface area contributed by atoms with E-state index in [4.69, 9.17) is 10.2 Å². The fourth-order valence-corrected chi connectivity index (χ4v) is 0.625. The average molecular weight is 130 g/mol. The van der Waals surface area contributed by atoms with Crippen molar-refractivity contribution in [1.29, 1.82) is 0 Å². The Hall–Kier alpha value is -0.580. The van der Waals surface area contributed by atoms with Crippen LogP contribution >= 0.6 is 0 Å². The molecule has 0 bridgehead atoms. The van der Waals surface area contributed by atoms with Crippen LogP contribution < -0.4 is 5.32 Å². The largest absolute Gasteiger partial charge is 0.375 e. The van der Waals surface area contributed by atoms with Crippen molar-refractivity contribution >= 4 is 0 Å². The SMILES string of the molecule is CN1C=C[C@H](O)N[C@@H]1O. The minimum atomic E-state index is -0.773. The van der Waals surface area contributed by atoms with Crippen LogP contribution in [0.2, 0.25) is 0 Å². The third-order valence-electron chi connectivity index (χ3n) is 1.21. The summed E-state index contributed by atoms with van der Waals surface area (Å²) in [6, 6.07) is 0. The minimum Gasteiger partial charge on any atom is -0.375 e. The lowest BCUT2D eigenvalue weighted by Gasteiger charge is -2.28. The Morgan fingerprint density at radius 3 is 2.67 bits per heavy atom. The normalized spacial score (nSPS) is 35.2. The van der Waals surface area contributed by atoms with Crippen molar-refractivity contribution in [2.24, 2.45) is 0 Å². The summed E-state index contributed by atoms with van der Waals surface area (Å²) < 4.78 is 0. The first-order valence-corrected chi connectivity index (χ1v) is 2.72. The Labute approximate surface area is 53.4 Å². The summed E-state index contributed by atoms with van der Waals surface area (Å²) in [6.07, 6.45) is 1.67. The number of nitrogens with one attached hydrogen (secondary N) is 1. The lowest BCUT2D eigenvalue weighted by atomic mass is 10.4. The van der Waals surface area contributed by atoms with Gasteiger partial charge in [0.2, 0.25) is 0 Å². The van der Waals surface area contributed by atoms with Crippen molar-refractivity contribution in [3.05, 3.63) is 12.3 Å². The molecular formula is C5H10N2O2. The maximum Gasteiger partial charge on any atom is 0.185 e. The second kappa shape index (κ2) is 2.34. The highest BCUT2D eigenvalue weighted by Gasteiger charge is 2.14. The monoisotopic (exact) mass is 130 g/mol. The Kier molecular flexibility index (Phi) is 1.70. The van der Waals surface area contributed by atoms with Gasteiger partial charge in [0.05, 0.1) is 0 Å². The number of nitrogens with zero attached hydrogens (tertiary/aromatic N) is 1. The molecule has 4 nitrogen and oxygen atoms in total. The van der Waals surface area contributed by atoms with E-state index in [1.54, 1.807) is 24.2 Å². The van der Waals surface area contributed by atoms with Crippen LogP contribution in [0.3, 0.4) is 0 Å². The predicted octanol–water partition coefficient (Wildman–Crippen LogP) is -1.37. The molecule has 0 aromatic carbocycles. The zero-order valence-corrected chi connectivity index (χ0v) is 5.15. The molecule has 0 saturated carbocycles. The van der Waals surface area contributed by atoms with Crippen molar-refractivity contribution in [3.63, 3.8) is 0 Å². The summed E-state index contributed by atoms with van der Waals surface area (Å²) >= 11 is 0. The molecule has 0 amide bonds. The van der Waals surface area contributed by atoms with Crippen molar-refractivity contribution < 1.29 is 10.2 Å². The molecule has 0 unspecified atom stereocenters. The zero-order chi connectivity index (χ0) is 6.85. The van der Waals surface area contributed by atoms with Crippen LogP contribution in [0.25, 0.3) is 0 Å². The molecule has 0 saturated heterocycles. The summed E-state index contributed by atoms with van der Waals surface area (Å²) in [6.45, 7) is 0. The van der Waals surface area contributed by atoms with Gasteiger partial charge >= 0.3 is 0 Å². The Balaban J connectivity index is 2.54. The van der Waals surface area contributed by atoms with Crippen molar-refractivity contribution in [3.8, 4) is 0 Å². The van der Waals surface area contributed by atoms with Gasteiger partial charge < -0.3 is 15.1 Å². The van der Waals surface area contributed by atoms with Crippen molar-refractivity contribution in [2.45, 2.75) is 12.6 Å². The van der Waals surface area contributed by atoms with E-state index >= 15 is 0 Å². The third kappa shape index (κ3) is 1.41. The molecule has 2 atom stereocenters. The first-order valence-electron chi connectivity index (χ1n) is 2.72. The highest BCUT2D eigenvalue weighted by Crippen LogP contribution is 1.98. The Morgan fingerprint density at radius 2 is 2.22 bits per heavy atom. The summed E-state index contributed by atoms with van der Waals surface area (Å²) in [7, 11) is 1.71. The van der Waals surface area contributed by atoms with E-state index in [2.05, 4.69) is 5.32 Å². The van der Waals surface area contributed by atoms with Gasteiger partial charge in [-0.25, -0.2) is 5.32 Å². The minimum absolute atomic E-state index is 0.726. The molecular weight excluding hydrogens is 120 g/mol. The highest BCUT2D eigenvalue weighted by molar-refractivity contribution is 4.91. The molecule has 1 aliphatic heterocycles. The second-order valence-electron chi connectivity index (χ2n) is 1.99. The molecule has 0 aromatic heterocycles. The maximum absolute atomic E-state index is 8.95. The average Bonchev–Trinajstić information content (AvgIpc) is 1.80.